The highest BCUT2D eigenvalue weighted by molar-refractivity contribution is 5.79. The normalized spacial score (nSPS) is 29.0. The number of nitrogens with zero attached hydrogens (tertiary/aromatic N) is 2. The molecule has 1 unspecified atom stereocenters. The molecule has 2 rings (SSSR count). The number of hydrogen-bond acceptors (Lipinski definition) is 2. The molecular formula is C10H16N2O3. The predicted octanol–water partition coefficient (Wildman–Crippen LogP) is 0.606. The zero-order chi connectivity index (χ0) is 11.2. The van der Waals surface area contributed by atoms with Gasteiger partial charge in [-0.05, 0) is 6.42 Å². The van der Waals surface area contributed by atoms with E-state index in [4.69, 9.17) is 5.11 Å². The number of piperazine rings is 1. The van der Waals surface area contributed by atoms with E-state index in [1.165, 1.54) is 4.90 Å². The summed E-state index contributed by atoms with van der Waals surface area (Å²) in [5.74, 6) is 0.148. The lowest BCUT2D eigenvalue weighted by Gasteiger charge is -2.33. The fourth-order valence-electron chi connectivity index (χ4n) is 2.50. The van der Waals surface area contributed by atoms with Crippen molar-refractivity contribution >= 4 is 12.0 Å². The van der Waals surface area contributed by atoms with Crippen LogP contribution in [0, 0.1) is 5.92 Å². The van der Waals surface area contributed by atoms with Crippen LogP contribution in [0.3, 0.4) is 0 Å². The lowest BCUT2D eigenvalue weighted by atomic mass is 10.1. The first kappa shape index (κ1) is 10.3. The Hall–Kier alpha value is -1.26. The van der Waals surface area contributed by atoms with Gasteiger partial charge in [0.15, 0.2) is 0 Å². The van der Waals surface area contributed by atoms with E-state index in [9.17, 15) is 9.59 Å². The fourth-order valence-corrected chi connectivity index (χ4v) is 2.50. The van der Waals surface area contributed by atoms with Crippen LogP contribution in [0.5, 0.6) is 0 Å². The predicted molar refractivity (Wildman–Crippen MR) is 53.5 cm³/mol. The van der Waals surface area contributed by atoms with Gasteiger partial charge in [-0.3, -0.25) is 4.79 Å². The van der Waals surface area contributed by atoms with Gasteiger partial charge in [-0.2, -0.15) is 0 Å². The Balaban J connectivity index is 2.03. The van der Waals surface area contributed by atoms with Crippen molar-refractivity contribution in [1.29, 1.82) is 0 Å². The van der Waals surface area contributed by atoms with Crippen LogP contribution in [0.25, 0.3) is 0 Å². The summed E-state index contributed by atoms with van der Waals surface area (Å²) >= 11 is 0. The summed E-state index contributed by atoms with van der Waals surface area (Å²) in [6.07, 6.45) is -0.0516. The number of carbonyl (C=O) groups is 2. The smallest absolute Gasteiger partial charge is 0.407 e. The molecule has 2 aliphatic heterocycles. The second-order valence-electron chi connectivity index (χ2n) is 4.62. The van der Waals surface area contributed by atoms with E-state index in [2.05, 4.69) is 0 Å². The number of hydrogen-bond donors (Lipinski definition) is 1. The molecule has 84 valence electrons. The molecule has 0 aromatic heterocycles. The summed E-state index contributed by atoms with van der Waals surface area (Å²) < 4.78 is 0. The molecule has 0 radical (unpaired) electrons. The summed E-state index contributed by atoms with van der Waals surface area (Å²) in [6, 6.07) is 0.135. The van der Waals surface area contributed by atoms with Gasteiger partial charge in [-0.15, -0.1) is 0 Å². The highest BCUT2D eigenvalue weighted by atomic mass is 16.4. The molecule has 2 heterocycles. The van der Waals surface area contributed by atoms with Crippen LogP contribution in [-0.2, 0) is 4.79 Å². The Morgan fingerprint density at radius 1 is 1.20 bits per heavy atom. The topological polar surface area (TPSA) is 60.9 Å². The molecule has 0 aromatic rings. The van der Waals surface area contributed by atoms with E-state index in [1.54, 1.807) is 0 Å². The van der Waals surface area contributed by atoms with Crippen molar-refractivity contribution in [2.24, 2.45) is 5.92 Å². The molecule has 2 amide bonds. The standard InChI is InChI=1S/C10H16N2O3/c1-6(2)9(13)11-4-8-3-7(11)5-12(8)10(14)15/h6-8H,3-5H2,1-2H3,(H,14,15)/t7?,8-/m0/s1. The lowest BCUT2D eigenvalue weighted by molar-refractivity contribution is -0.136. The maximum atomic E-state index is 11.8. The SMILES string of the molecule is CC(C)C(=O)N1C[C@@H]2CC1CN2C(=O)O. The Morgan fingerprint density at radius 3 is 2.13 bits per heavy atom. The third kappa shape index (κ3) is 1.56. The van der Waals surface area contributed by atoms with Crippen molar-refractivity contribution in [3.63, 3.8) is 0 Å². The van der Waals surface area contributed by atoms with Gasteiger partial charge in [0.1, 0.15) is 0 Å². The zero-order valence-electron chi connectivity index (χ0n) is 9.01. The Bertz CT molecular complexity index is 303. The second kappa shape index (κ2) is 3.40. The van der Waals surface area contributed by atoms with Gasteiger partial charge in [0.25, 0.3) is 0 Å². The van der Waals surface area contributed by atoms with Crippen LogP contribution in [0.4, 0.5) is 4.79 Å². The van der Waals surface area contributed by atoms with E-state index in [0.717, 1.165) is 6.42 Å². The molecule has 5 heteroatoms. The van der Waals surface area contributed by atoms with E-state index in [-0.39, 0.29) is 23.9 Å². The summed E-state index contributed by atoms with van der Waals surface area (Å²) in [5, 5.41) is 8.89. The maximum absolute atomic E-state index is 11.8. The quantitative estimate of drug-likeness (QED) is 0.692. The van der Waals surface area contributed by atoms with Crippen molar-refractivity contribution in [1.82, 2.24) is 9.80 Å². The number of amides is 2. The van der Waals surface area contributed by atoms with Crippen LogP contribution >= 0.6 is 0 Å². The van der Waals surface area contributed by atoms with Crippen LogP contribution in [0.2, 0.25) is 0 Å². The molecule has 2 aliphatic rings. The molecule has 15 heavy (non-hydrogen) atoms. The molecule has 0 aliphatic carbocycles. The van der Waals surface area contributed by atoms with Crippen molar-refractivity contribution in [3.8, 4) is 0 Å². The number of likely N-dealkylation sites (tertiary alicyclic amines) is 2. The van der Waals surface area contributed by atoms with Gasteiger partial charge in [-0.25, -0.2) is 4.79 Å². The number of carboxylic acid groups (broad SMARTS) is 1. The molecular weight excluding hydrogens is 196 g/mol. The number of rotatable bonds is 1. The molecule has 0 spiro atoms. The van der Waals surface area contributed by atoms with Gasteiger partial charge >= 0.3 is 6.09 Å². The monoisotopic (exact) mass is 212 g/mol. The molecule has 2 saturated heterocycles. The van der Waals surface area contributed by atoms with Crippen molar-refractivity contribution in [3.05, 3.63) is 0 Å². The Labute approximate surface area is 88.6 Å². The number of carbonyl (C=O) groups excluding carboxylic acids is 1. The minimum atomic E-state index is -0.862. The van der Waals surface area contributed by atoms with Gasteiger partial charge in [0, 0.05) is 19.0 Å². The molecule has 2 fully saturated rings. The van der Waals surface area contributed by atoms with Crippen LogP contribution in [-0.4, -0.2) is 52.1 Å². The van der Waals surface area contributed by atoms with Crippen molar-refractivity contribution in [2.45, 2.75) is 32.4 Å². The first-order valence-corrected chi connectivity index (χ1v) is 5.30. The fraction of sp³-hybridized carbons (Fsp3) is 0.800. The van der Waals surface area contributed by atoms with Crippen molar-refractivity contribution in [2.75, 3.05) is 13.1 Å². The molecule has 5 nitrogen and oxygen atoms in total. The third-order valence-electron chi connectivity index (χ3n) is 3.26. The first-order chi connectivity index (χ1) is 7.00. The zero-order valence-corrected chi connectivity index (χ0v) is 9.01. The minimum Gasteiger partial charge on any atom is -0.465 e. The third-order valence-corrected chi connectivity index (χ3v) is 3.26. The summed E-state index contributed by atoms with van der Waals surface area (Å²) in [6.45, 7) is 4.82. The summed E-state index contributed by atoms with van der Waals surface area (Å²) in [7, 11) is 0. The van der Waals surface area contributed by atoms with Crippen LogP contribution < -0.4 is 0 Å². The first-order valence-electron chi connectivity index (χ1n) is 5.30. The largest absolute Gasteiger partial charge is 0.465 e. The van der Waals surface area contributed by atoms with Gasteiger partial charge < -0.3 is 14.9 Å². The van der Waals surface area contributed by atoms with Crippen molar-refractivity contribution < 1.29 is 14.7 Å². The summed E-state index contributed by atoms with van der Waals surface area (Å²) in [5.41, 5.74) is 0. The Kier molecular flexibility index (Phi) is 2.32. The molecule has 0 aromatic carbocycles. The van der Waals surface area contributed by atoms with E-state index in [1.807, 2.05) is 18.7 Å². The average Bonchev–Trinajstić information content (AvgIpc) is 2.74. The van der Waals surface area contributed by atoms with Crippen LogP contribution in [0.15, 0.2) is 0 Å². The second-order valence-corrected chi connectivity index (χ2v) is 4.62. The van der Waals surface area contributed by atoms with E-state index >= 15 is 0 Å². The minimum absolute atomic E-state index is 0.00243. The van der Waals surface area contributed by atoms with E-state index < -0.39 is 6.09 Å². The average molecular weight is 212 g/mol. The molecule has 2 atom stereocenters. The maximum Gasteiger partial charge on any atom is 0.407 e. The Morgan fingerprint density at radius 2 is 1.73 bits per heavy atom. The van der Waals surface area contributed by atoms with Gasteiger partial charge in [0.2, 0.25) is 5.91 Å². The van der Waals surface area contributed by atoms with Crippen LogP contribution in [0.1, 0.15) is 20.3 Å². The van der Waals surface area contributed by atoms with E-state index in [0.29, 0.717) is 13.1 Å². The highest BCUT2D eigenvalue weighted by Crippen LogP contribution is 2.31. The molecule has 2 bridgehead atoms. The van der Waals surface area contributed by atoms with Gasteiger partial charge in [-0.1, -0.05) is 13.8 Å². The lowest BCUT2D eigenvalue weighted by Crippen LogP contribution is -2.51. The number of fused-ring (bicyclic) bond motifs is 2. The highest BCUT2D eigenvalue weighted by Gasteiger charge is 2.47. The molecule has 0 saturated carbocycles. The summed E-state index contributed by atoms with van der Waals surface area (Å²) in [4.78, 5) is 25.9. The van der Waals surface area contributed by atoms with Gasteiger partial charge in [0.05, 0.1) is 12.1 Å². The molecule has 1 N–H and O–H groups in total.